The zero-order valence-corrected chi connectivity index (χ0v) is 5.19. The van der Waals surface area contributed by atoms with Crippen molar-refractivity contribution in [2.45, 2.75) is 0 Å². The van der Waals surface area contributed by atoms with Crippen molar-refractivity contribution in [2.24, 2.45) is 0 Å². The Balaban J connectivity index is 0.000000810. The number of benzene rings is 1. The van der Waals surface area contributed by atoms with Crippen molar-refractivity contribution in [3.8, 4) is 5.75 Å². The average molecular weight is 142 g/mol. The highest BCUT2D eigenvalue weighted by molar-refractivity contribution is 5.44. The molecule has 0 heterocycles. The van der Waals surface area contributed by atoms with Crippen LogP contribution in [0.3, 0.4) is 0 Å². The van der Waals surface area contributed by atoms with E-state index in [0.717, 1.165) is 0 Å². The zero-order chi connectivity index (χ0) is 6.53. The Kier molecular flexibility index (Phi) is 3.87. The van der Waals surface area contributed by atoms with E-state index in [9.17, 15) is 4.79 Å². The first-order valence-corrected chi connectivity index (χ1v) is 2.59. The predicted molar refractivity (Wildman–Crippen MR) is 35.6 cm³/mol. The minimum absolute atomic E-state index is 0. The fourth-order valence-corrected chi connectivity index (χ4v) is 0.555. The molecule has 0 aliphatic rings. The van der Waals surface area contributed by atoms with Crippen LogP contribution in [0.2, 0.25) is 0 Å². The van der Waals surface area contributed by atoms with E-state index >= 15 is 0 Å². The molecule has 0 atom stereocenters. The molecule has 0 bridgehead atoms. The second-order valence-corrected chi connectivity index (χ2v) is 1.53. The Hall–Kier alpha value is -1.38. The van der Waals surface area contributed by atoms with Gasteiger partial charge in [-0.1, -0.05) is 18.2 Å². The third-order valence-electron chi connectivity index (χ3n) is 0.927. The van der Waals surface area contributed by atoms with Crippen LogP contribution in [0.5, 0.6) is 5.75 Å². The van der Waals surface area contributed by atoms with Crippen molar-refractivity contribution in [3.05, 3.63) is 30.3 Å². The first-order valence-electron chi connectivity index (χ1n) is 2.59. The molecule has 0 amide bonds. The van der Waals surface area contributed by atoms with Crippen LogP contribution in [0.15, 0.2) is 30.3 Å². The van der Waals surface area contributed by atoms with E-state index < -0.39 is 0 Å². The molecule has 0 radical (unpaired) electrons. The number of ether oxygens (including phenoxy) is 1. The number of rotatable bonds is 2. The van der Waals surface area contributed by atoms with Gasteiger partial charge in [-0.2, -0.15) is 0 Å². The van der Waals surface area contributed by atoms with Gasteiger partial charge in [0, 0.05) is 0 Å². The number of halogens is 1. The van der Waals surface area contributed by atoms with Gasteiger partial charge in [-0.15, -0.1) is 0 Å². The van der Waals surface area contributed by atoms with E-state index in [1.807, 2.05) is 6.07 Å². The maximum atomic E-state index is 9.75. The molecular formula is C7H7FO2. The van der Waals surface area contributed by atoms with E-state index in [1.165, 1.54) is 0 Å². The summed E-state index contributed by atoms with van der Waals surface area (Å²) in [5.74, 6) is 0.576. The van der Waals surface area contributed by atoms with Crippen molar-refractivity contribution in [1.82, 2.24) is 0 Å². The van der Waals surface area contributed by atoms with Crippen LogP contribution in [-0.2, 0) is 4.79 Å². The van der Waals surface area contributed by atoms with Gasteiger partial charge < -0.3 is 4.74 Å². The molecule has 54 valence electrons. The highest BCUT2D eigenvalue weighted by atomic mass is 19.0. The molecule has 0 spiro atoms. The Morgan fingerprint density at radius 1 is 1.20 bits per heavy atom. The summed E-state index contributed by atoms with van der Waals surface area (Å²) in [5, 5.41) is 0. The summed E-state index contributed by atoms with van der Waals surface area (Å²) in [6.07, 6.45) is 0. The molecule has 1 rings (SSSR count). The topological polar surface area (TPSA) is 26.3 Å². The summed E-state index contributed by atoms with van der Waals surface area (Å²) < 4.78 is 4.53. The van der Waals surface area contributed by atoms with Crippen molar-refractivity contribution in [3.63, 3.8) is 0 Å². The largest absolute Gasteiger partial charge is 0.429 e. The minimum atomic E-state index is 0. The zero-order valence-electron chi connectivity index (χ0n) is 5.19. The lowest BCUT2D eigenvalue weighted by atomic mass is 10.3. The van der Waals surface area contributed by atoms with Gasteiger partial charge in [-0.25, -0.2) is 0 Å². The van der Waals surface area contributed by atoms with Gasteiger partial charge in [0.25, 0.3) is 6.47 Å². The number of carbonyl (C=O) groups excluding carboxylic acids is 1. The lowest BCUT2D eigenvalue weighted by Crippen LogP contribution is -1.85. The highest BCUT2D eigenvalue weighted by Gasteiger charge is 1.84. The van der Waals surface area contributed by atoms with Crippen molar-refractivity contribution < 1.29 is 14.2 Å². The normalized spacial score (nSPS) is 7.60. The molecular weight excluding hydrogens is 135 g/mol. The lowest BCUT2D eigenvalue weighted by molar-refractivity contribution is -0.120. The summed E-state index contributed by atoms with van der Waals surface area (Å²) >= 11 is 0. The number of para-hydroxylation sites is 1. The maximum Gasteiger partial charge on any atom is 0.298 e. The number of hydrogen-bond donors (Lipinski definition) is 0. The summed E-state index contributed by atoms with van der Waals surface area (Å²) in [4.78, 5) is 9.75. The fraction of sp³-hybridized carbons (Fsp3) is 0. The second-order valence-electron chi connectivity index (χ2n) is 1.53. The third kappa shape index (κ3) is 2.26. The maximum absolute atomic E-state index is 9.75. The highest BCUT2D eigenvalue weighted by Crippen LogP contribution is 2.05. The van der Waals surface area contributed by atoms with Crippen LogP contribution in [0.25, 0.3) is 0 Å². The Labute approximate surface area is 57.8 Å². The summed E-state index contributed by atoms with van der Waals surface area (Å²) in [7, 11) is 0. The summed E-state index contributed by atoms with van der Waals surface area (Å²) in [6, 6.07) is 8.90. The first-order chi connectivity index (χ1) is 4.43. The minimum Gasteiger partial charge on any atom is -0.429 e. The van der Waals surface area contributed by atoms with Crippen molar-refractivity contribution >= 4 is 6.47 Å². The molecule has 0 saturated carbocycles. The van der Waals surface area contributed by atoms with Crippen LogP contribution in [0.4, 0.5) is 4.70 Å². The smallest absolute Gasteiger partial charge is 0.298 e. The molecule has 10 heavy (non-hydrogen) atoms. The Morgan fingerprint density at radius 3 is 2.30 bits per heavy atom. The standard InChI is InChI=1S/C7H6O2.FH/c8-6-9-7-4-2-1-3-5-7;/h1-6H;1H. The average Bonchev–Trinajstić information content (AvgIpc) is 1.91. The van der Waals surface area contributed by atoms with Gasteiger partial charge in [-0.05, 0) is 12.1 Å². The van der Waals surface area contributed by atoms with Gasteiger partial charge in [0.1, 0.15) is 5.75 Å². The van der Waals surface area contributed by atoms with E-state index in [1.54, 1.807) is 24.3 Å². The summed E-state index contributed by atoms with van der Waals surface area (Å²) in [5.41, 5.74) is 0. The molecule has 0 aromatic heterocycles. The third-order valence-corrected chi connectivity index (χ3v) is 0.927. The molecule has 0 aliphatic carbocycles. The second kappa shape index (κ2) is 4.49. The molecule has 1 aromatic rings. The van der Waals surface area contributed by atoms with Crippen molar-refractivity contribution in [1.29, 1.82) is 0 Å². The van der Waals surface area contributed by atoms with E-state index in [4.69, 9.17) is 0 Å². The van der Waals surface area contributed by atoms with Gasteiger partial charge in [0.05, 0.1) is 0 Å². The van der Waals surface area contributed by atoms with Crippen LogP contribution in [-0.4, -0.2) is 6.47 Å². The first kappa shape index (κ1) is 8.62. The van der Waals surface area contributed by atoms with E-state index in [-0.39, 0.29) is 4.70 Å². The monoisotopic (exact) mass is 142 g/mol. The molecule has 0 N–H and O–H groups in total. The number of hydrogen-bond acceptors (Lipinski definition) is 2. The quantitative estimate of drug-likeness (QED) is 0.583. The molecule has 0 fully saturated rings. The predicted octanol–water partition coefficient (Wildman–Crippen LogP) is 1.37. The van der Waals surface area contributed by atoms with Gasteiger partial charge in [0.15, 0.2) is 0 Å². The van der Waals surface area contributed by atoms with E-state index in [0.29, 0.717) is 12.2 Å². The van der Waals surface area contributed by atoms with Gasteiger partial charge in [0.2, 0.25) is 0 Å². The van der Waals surface area contributed by atoms with Crippen LogP contribution >= 0.6 is 0 Å². The Bertz CT molecular complexity index is 186. The number of carbonyl (C=O) groups is 1. The lowest BCUT2D eigenvalue weighted by Gasteiger charge is -1.92. The van der Waals surface area contributed by atoms with E-state index in [2.05, 4.69) is 4.74 Å². The molecule has 0 saturated heterocycles. The SMILES string of the molecule is F.O=COc1ccccc1. The fourth-order valence-electron chi connectivity index (χ4n) is 0.555. The Morgan fingerprint density at radius 2 is 1.80 bits per heavy atom. The van der Waals surface area contributed by atoms with Crippen LogP contribution < -0.4 is 4.74 Å². The molecule has 3 heteroatoms. The van der Waals surface area contributed by atoms with Gasteiger partial charge in [-0.3, -0.25) is 9.50 Å². The molecule has 0 aliphatic heterocycles. The van der Waals surface area contributed by atoms with Gasteiger partial charge >= 0.3 is 0 Å². The van der Waals surface area contributed by atoms with Crippen molar-refractivity contribution in [2.75, 3.05) is 0 Å². The molecule has 2 nitrogen and oxygen atoms in total. The van der Waals surface area contributed by atoms with Crippen LogP contribution in [0, 0.1) is 0 Å². The van der Waals surface area contributed by atoms with Crippen LogP contribution in [0.1, 0.15) is 0 Å². The summed E-state index contributed by atoms with van der Waals surface area (Å²) in [6.45, 7) is 0.412. The molecule has 0 unspecified atom stereocenters. The molecule has 1 aromatic carbocycles.